The van der Waals surface area contributed by atoms with Gasteiger partial charge in [-0.25, -0.2) is 0 Å². The summed E-state index contributed by atoms with van der Waals surface area (Å²) in [6, 6.07) is 1.02. The summed E-state index contributed by atoms with van der Waals surface area (Å²) in [5.41, 5.74) is 0. The van der Waals surface area contributed by atoms with E-state index in [9.17, 15) is 5.11 Å². The van der Waals surface area contributed by atoms with Gasteiger partial charge in [0.05, 0.1) is 6.10 Å². The van der Waals surface area contributed by atoms with Gasteiger partial charge in [-0.15, -0.1) is 0 Å². The van der Waals surface area contributed by atoms with Gasteiger partial charge in [-0.05, 0) is 37.5 Å². The lowest BCUT2D eigenvalue weighted by molar-refractivity contribution is 0.0815. The van der Waals surface area contributed by atoms with Crippen molar-refractivity contribution >= 4 is 0 Å². The summed E-state index contributed by atoms with van der Waals surface area (Å²) in [5, 5.41) is 13.6. The Kier molecular flexibility index (Phi) is 3.68. The molecule has 15 heavy (non-hydrogen) atoms. The number of rotatable bonds is 2. The SMILES string of the molecule is CC1CCC(N[C@@H]2CCCC[C@H]2O)C1C. The normalized spacial score (nSPS) is 47.0. The Hall–Kier alpha value is -0.0800. The Balaban J connectivity index is 1.85. The minimum absolute atomic E-state index is 0.0955. The van der Waals surface area contributed by atoms with E-state index in [-0.39, 0.29) is 6.10 Å². The lowest BCUT2D eigenvalue weighted by Gasteiger charge is -2.32. The quantitative estimate of drug-likeness (QED) is 0.734. The molecule has 0 aromatic heterocycles. The van der Waals surface area contributed by atoms with Crippen molar-refractivity contribution in [1.82, 2.24) is 5.32 Å². The van der Waals surface area contributed by atoms with Crippen molar-refractivity contribution in [3.8, 4) is 0 Å². The average Bonchev–Trinajstić information content (AvgIpc) is 2.53. The Bertz CT molecular complexity index is 205. The number of hydrogen-bond acceptors (Lipinski definition) is 2. The molecule has 0 aromatic rings. The maximum atomic E-state index is 9.92. The highest BCUT2D eigenvalue weighted by atomic mass is 16.3. The molecule has 0 aromatic carbocycles. The maximum absolute atomic E-state index is 9.92. The molecule has 2 heteroatoms. The lowest BCUT2D eigenvalue weighted by atomic mass is 9.90. The third-order valence-corrected chi connectivity index (χ3v) is 4.62. The minimum Gasteiger partial charge on any atom is -0.392 e. The summed E-state index contributed by atoms with van der Waals surface area (Å²) >= 11 is 0. The van der Waals surface area contributed by atoms with Crippen molar-refractivity contribution < 1.29 is 5.11 Å². The molecule has 0 saturated heterocycles. The number of aliphatic hydroxyl groups excluding tert-OH is 1. The fourth-order valence-electron chi connectivity index (χ4n) is 3.18. The highest BCUT2D eigenvalue weighted by Crippen LogP contribution is 2.32. The Morgan fingerprint density at radius 2 is 1.67 bits per heavy atom. The van der Waals surface area contributed by atoms with E-state index in [0.29, 0.717) is 12.1 Å². The first-order valence-electron chi connectivity index (χ1n) is 6.62. The molecule has 2 rings (SSSR count). The molecule has 0 aliphatic heterocycles. The van der Waals surface area contributed by atoms with Gasteiger partial charge in [-0.1, -0.05) is 26.7 Å². The molecule has 0 heterocycles. The minimum atomic E-state index is -0.0955. The van der Waals surface area contributed by atoms with E-state index in [2.05, 4.69) is 19.2 Å². The molecular weight excluding hydrogens is 186 g/mol. The van der Waals surface area contributed by atoms with Crippen LogP contribution in [0.4, 0.5) is 0 Å². The second kappa shape index (κ2) is 4.84. The zero-order valence-corrected chi connectivity index (χ0v) is 10.1. The van der Waals surface area contributed by atoms with Crippen molar-refractivity contribution in [2.45, 2.75) is 70.6 Å². The van der Waals surface area contributed by atoms with Gasteiger partial charge in [-0.3, -0.25) is 0 Å². The van der Waals surface area contributed by atoms with Gasteiger partial charge in [0, 0.05) is 12.1 Å². The van der Waals surface area contributed by atoms with Crippen LogP contribution in [0.15, 0.2) is 0 Å². The molecule has 2 aliphatic carbocycles. The van der Waals surface area contributed by atoms with E-state index < -0.39 is 0 Å². The van der Waals surface area contributed by atoms with Crippen LogP contribution in [0.2, 0.25) is 0 Å². The van der Waals surface area contributed by atoms with Crippen LogP contribution in [0.1, 0.15) is 52.4 Å². The second-order valence-corrected chi connectivity index (χ2v) is 5.65. The van der Waals surface area contributed by atoms with Gasteiger partial charge < -0.3 is 10.4 Å². The summed E-state index contributed by atoms with van der Waals surface area (Å²) < 4.78 is 0. The van der Waals surface area contributed by atoms with Crippen molar-refractivity contribution in [3.05, 3.63) is 0 Å². The lowest BCUT2D eigenvalue weighted by Crippen LogP contribution is -2.48. The molecule has 2 saturated carbocycles. The van der Waals surface area contributed by atoms with E-state index >= 15 is 0 Å². The Morgan fingerprint density at radius 3 is 2.27 bits per heavy atom. The highest BCUT2D eigenvalue weighted by molar-refractivity contribution is 4.90. The van der Waals surface area contributed by atoms with Crippen LogP contribution in [0.5, 0.6) is 0 Å². The monoisotopic (exact) mass is 211 g/mol. The highest BCUT2D eigenvalue weighted by Gasteiger charge is 2.33. The van der Waals surface area contributed by atoms with Gasteiger partial charge in [-0.2, -0.15) is 0 Å². The summed E-state index contributed by atoms with van der Waals surface area (Å²) in [7, 11) is 0. The van der Waals surface area contributed by atoms with Crippen LogP contribution in [0.25, 0.3) is 0 Å². The topological polar surface area (TPSA) is 32.3 Å². The first-order chi connectivity index (χ1) is 7.18. The molecule has 0 spiro atoms. The van der Waals surface area contributed by atoms with Crippen LogP contribution in [0.3, 0.4) is 0 Å². The third-order valence-electron chi connectivity index (χ3n) is 4.62. The summed E-state index contributed by atoms with van der Waals surface area (Å²) in [6.07, 6.45) is 7.20. The van der Waals surface area contributed by atoms with Crippen LogP contribution < -0.4 is 5.32 Å². The van der Waals surface area contributed by atoms with Gasteiger partial charge in [0.1, 0.15) is 0 Å². The average molecular weight is 211 g/mol. The molecule has 2 fully saturated rings. The zero-order chi connectivity index (χ0) is 10.8. The van der Waals surface area contributed by atoms with E-state index in [0.717, 1.165) is 18.3 Å². The molecule has 2 aliphatic rings. The largest absolute Gasteiger partial charge is 0.392 e. The van der Waals surface area contributed by atoms with Crippen LogP contribution in [-0.2, 0) is 0 Å². The summed E-state index contributed by atoms with van der Waals surface area (Å²) in [4.78, 5) is 0. The van der Waals surface area contributed by atoms with Crippen LogP contribution >= 0.6 is 0 Å². The van der Waals surface area contributed by atoms with Gasteiger partial charge in [0.15, 0.2) is 0 Å². The molecule has 3 unspecified atom stereocenters. The van der Waals surface area contributed by atoms with Crippen molar-refractivity contribution in [1.29, 1.82) is 0 Å². The zero-order valence-electron chi connectivity index (χ0n) is 10.1. The van der Waals surface area contributed by atoms with E-state index in [4.69, 9.17) is 0 Å². The molecule has 0 bridgehead atoms. The van der Waals surface area contributed by atoms with E-state index in [1.54, 1.807) is 0 Å². The van der Waals surface area contributed by atoms with Crippen LogP contribution in [-0.4, -0.2) is 23.3 Å². The second-order valence-electron chi connectivity index (χ2n) is 5.65. The number of aliphatic hydroxyl groups is 1. The molecular formula is C13H25NO. The molecule has 2 nitrogen and oxygen atoms in total. The molecule has 5 atom stereocenters. The van der Waals surface area contributed by atoms with E-state index in [1.165, 1.54) is 32.1 Å². The third kappa shape index (κ3) is 2.54. The molecule has 0 amide bonds. The first kappa shape index (κ1) is 11.4. The van der Waals surface area contributed by atoms with Crippen molar-refractivity contribution in [2.24, 2.45) is 11.8 Å². The van der Waals surface area contributed by atoms with Gasteiger partial charge in [0.2, 0.25) is 0 Å². The smallest absolute Gasteiger partial charge is 0.0693 e. The van der Waals surface area contributed by atoms with Crippen molar-refractivity contribution in [3.63, 3.8) is 0 Å². The standard InChI is InChI=1S/C13H25NO/c1-9-7-8-11(10(9)2)14-12-5-3-4-6-13(12)15/h9-15H,3-8H2,1-2H3/t9?,10?,11?,12-,13-/m1/s1. The summed E-state index contributed by atoms with van der Waals surface area (Å²) in [6.45, 7) is 4.70. The Morgan fingerprint density at radius 1 is 0.933 bits per heavy atom. The summed E-state index contributed by atoms with van der Waals surface area (Å²) in [5.74, 6) is 1.63. The predicted molar refractivity (Wildman–Crippen MR) is 62.7 cm³/mol. The Labute approximate surface area is 93.5 Å². The number of hydrogen-bond donors (Lipinski definition) is 2. The van der Waals surface area contributed by atoms with Crippen LogP contribution in [0, 0.1) is 11.8 Å². The molecule has 0 radical (unpaired) electrons. The first-order valence-corrected chi connectivity index (χ1v) is 6.62. The van der Waals surface area contributed by atoms with Gasteiger partial charge in [0.25, 0.3) is 0 Å². The van der Waals surface area contributed by atoms with Gasteiger partial charge >= 0.3 is 0 Å². The maximum Gasteiger partial charge on any atom is 0.0693 e. The fourth-order valence-corrected chi connectivity index (χ4v) is 3.18. The predicted octanol–water partition coefficient (Wildman–Crippen LogP) is 2.31. The van der Waals surface area contributed by atoms with E-state index in [1.807, 2.05) is 0 Å². The molecule has 88 valence electrons. The fraction of sp³-hybridized carbons (Fsp3) is 1.00. The van der Waals surface area contributed by atoms with Crippen molar-refractivity contribution in [2.75, 3.05) is 0 Å². The molecule has 2 N–H and O–H groups in total. The number of nitrogens with one attached hydrogen (secondary N) is 1.